The summed E-state index contributed by atoms with van der Waals surface area (Å²) in [6.07, 6.45) is 4.47. The lowest BCUT2D eigenvalue weighted by Gasteiger charge is -2.25. The van der Waals surface area contributed by atoms with Crippen LogP contribution in [0.15, 0.2) is 23.1 Å². The van der Waals surface area contributed by atoms with E-state index in [1.54, 1.807) is 6.92 Å². The molecule has 1 aromatic carbocycles. The number of halogens is 1. The normalized spacial score (nSPS) is 16.7. The lowest BCUT2D eigenvalue weighted by Crippen LogP contribution is -2.40. The van der Waals surface area contributed by atoms with Crippen LogP contribution in [0.2, 0.25) is 0 Å². The number of hydrogen-bond donors (Lipinski definition) is 2. The minimum Gasteiger partial charge on any atom is -0.338 e. The van der Waals surface area contributed by atoms with Crippen molar-refractivity contribution in [1.82, 2.24) is 10.6 Å². The standard InChI is InChI=1S/C15H21FN2O3S/c1-10(18-15(19)17-9-11-4-3-5-11)12-6-7-14(13(16)8-12)22(2,20)21/h6-8,10-11H,3-5,9H2,1-2H3,(H2,17,18,19). The summed E-state index contributed by atoms with van der Waals surface area (Å²) >= 11 is 0. The molecule has 1 aliphatic carbocycles. The Balaban J connectivity index is 1.95. The average Bonchev–Trinajstić information content (AvgIpc) is 2.35. The minimum absolute atomic E-state index is 0.299. The first-order valence-electron chi connectivity index (χ1n) is 7.31. The highest BCUT2D eigenvalue weighted by Crippen LogP contribution is 2.25. The van der Waals surface area contributed by atoms with Crippen molar-refractivity contribution < 1.29 is 17.6 Å². The second kappa shape index (κ2) is 6.64. The molecule has 2 amide bonds. The van der Waals surface area contributed by atoms with E-state index in [2.05, 4.69) is 10.6 Å². The van der Waals surface area contributed by atoms with E-state index in [0.29, 0.717) is 18.0 Å². The predicted molar refractivity (Wildman–Crippen MR) is 81.8 cm³/mol. The Morgan fingerprint density at radius 3 is 2.59 bits per heavy atom. The number of urea groups is 1. The minimum atomic E-state index is -3.59. The first-order chi connectivity index (χ1) is 10.3. The summed E-state index contributed by atoms with van der Waals surface area (Å²) in [5.41, 5.74) is 0.517. The number of carbonyl (C=O) groups excluding carboxylic acids is 1. The third kappa shape index (κ3) is 4.19. The molecule has 0 saturated heterocycles. The highest BCUT2D eigenvalue weighted by molar-refractivity contribution is 7.90. The molecule has 0 bridgehead atoms. The van der Waals surface area contributed by atoms with Gasteiger partial charge in [0.1, 0.15) is 10.7 Å². The molecule has 1 unspecified atom stereocenters. The average molecular weight is 328 g/mol. The maximum Gasteiger partial charge on any atom is 0.315 e. The van der Waals surface area contributed by atoms with Crippen LogP contribution in [0.4, 0.5) is 9.18 Å². The van der Waals surface area contributed by atoms with Crippen LogP contribution in [0.3, 0.4) is 0 Å². The summed E-state index contributed by atoms with van der Waals surface area (Å²) < 4.78 is 36.6. The van der Waals surface area contributed by atoms with Crippen molar-refractivity contribution in [3.05, 3.63) is 29.6 Å². The fourth-order valence-corrected chi connectivity index (χ4v) is 3.08. The SMILES string of the molecule is CC(NC(=O)NCC1CCC1)c1ccc(S(C)(=O)=O)c(F)c1. The highest BCUT2D eigenvalue weighted by Gasteiger charge is 2.19. The fraction of sp³-hybridized carbons (Fsp3) is 0.533. The summed E-state index contributed by atoms with van der Waals surface area (Å²) in [4.78, 5) is 11.4. The Kier molecular flexibility index (Phi) is 5.05. The zero-order chi connectivity index (χ0) is 16.3. The van der Waals surface area contributed by atoms with E-state index in [4.69, 9.17) is 0 Å². The molecule has 22 heavy (non-hydrogen) atoms. The highest BCUT2D eigenvalue weighted by atomic mass is 32.2. The van der Waals surface area contributed by atoms with Crippen molar-refractivity contribution in [2.45, 2.75) is 37.1 Å². The van der Waals surface area contributed by atoms with Gasteiger partial charge in [-0.25, -0.2) is 17.6 Å². The lowest BCUT2D eigenvalue weighted by atomic mass is 9.85. The summed E-state index contributed by atoms with van der Waals surface area (Å²) in [7, 11) is -3.59. The molecule has 7 heteroatoms. The number of hydrogen-bond acceptors (Lipinski definition) is 3. The van der Waals surface area contributed by atoms with Crippen molar-refractivity contribution in [1.29, 1.82) is 0 Å². The summed E-state index contributed by atoms with van der Waals surface area (Å²) in [6.45, 7) is 2.37. The molecule has 2 N–H and O–H groups in total. The van der Waals surface area contributed by atoms with Crippen LogP contribution in [0, 0.1) is 11.7 Å². The Hall–Kier alpha value is -1.63. The number of carbonyl (C=O) groups is 1. The number of amides is 2. The van der Waals surface area contributed by atoms with E-state index < -0.39 is 21.7 Å². The first-order valence-corrected chi connectivity index (χ1v) is 9.20. The largest absolute Gasteiger partial charge is 0.338 e. The van der Waals surface area contributed by atoms with E-state index in [-0.39, 0.29) is 10.9 Å². The van der Waals surface area contributed by atoms with Gasteiger partial charge in [-0.05, 0) is 43.4 Å². The van der Waals surface area contributed by atoms with Crippen LogP contribution >= 0.6 is 0 Å². The molecule has 0 heterocycles. The number of rotatable bonds is 5. The lowest BCUT2D eigenvalue weighted by molar-refractivity contribution is 0.229. The van der Waals surface area contributed by atoms with E-state index in [1.807, 2.05) is 0 Å². The van der Waals surface area contributed by atoms with E-state index in [0.717, 1.165) is 25.2 Å². The quantitative estimate of drug-likeness (QED) is 0.871. The molecular formula is C15H21FN2O3S. The molecule has 0 spiro atoms. The van der Waals surface area contributed by atoms with Gasteiger partial charge in [-0.2, -0.15) is 0 Å². The Morgan fingerprint density at radius 1 is 1.41 bits per heavy atom. The van der Waals surface area contributed by atoms with Gasteiger partial charge in [0.2, 0.25) is 0 Å². The molecule has 1 aromatic rings. The molecule has 1 fully saturated rings. The number of nitrogens with one attached hydrogen (secondary N) is 2. The molecule has 1 atom stereocenters. The maximum atomic E-state index is 13.8. The second-order valence-corrected chi connectivity index (χ2v) is 7.82. The third-order valence-electron chi connectivity index (χ3n) is 3.98. The fourth-order valence-electron chi connectivity index (χ4n) is 2.35. The monoisotopic (exact) mass is 328 g/mol. The molecule has 1 saturated carbocycles. The van der Waals surface area contributed by atoms with Crippen molar-refractivity contribution in [2.75, 3.05) is 12.8 Å². The Morgan fingerprint density at radius 2 is 2.09 bits per heavy atom. The topological polar surface area (TPSA) is 75.3 Å². The smallest absolute Gasteiger partial charge is 0.315 e. The zero-order valence-corrected chi connectivity index (χ0v) is 13.5. The van der Waals surface area contributed by atoms with Crippen molar-refractivity contribution >= 4 is 15.9 Å². The van der Waals surface area contributed by atoms with E-state index in [1.165, 1.54) is 18.6 Å². The van der Waals surface area contributed by atoms with Crippen molar-refractivity contribution in [2.24, 2.45) is 5.92 Å². The molecule has 0 radical (unpaired) electrons. The van der Waals surface area contributed by atoms with Gasteiger partial charge in [-0.1, -0.05) is 12.5 Å². The number of benzene rings is 1. The van der Waals surface area contributed by atoms with Gasteiger partial charge in [0.05, 0.1) is 6.04 Å². The van der Waals surface area contributed by atoms with Gasteiger partial charge in [-0.15, -0.1) is 0 Å². The van der Waals surface area contributed by atoms with E-state index >= 15 is 0 Å². The molecule has 1 aliphatic rings. The van der Waals surface area contributed by atoms with Crippen LogP contribution < -0.4 is 10.6 Å². The molecule has 0 aromatic heterocycles. The van der Waals surface area contributed by atoms with Crippen LogP contribution in [0.25, 0.3) is 0 Å². The first kappa shape index (κ1) is 16.7. The van der Waals surface area contributed by atoms with Crippen molar-refractivity contribution in [3.63, 3.8) is 0 Å². The third-order valence-corrected chi connectivity index (χ3v) is 5.11. The second-order valence-electron chi connectivity index (χ2n) is 5.84. The van der Waals surface area contributed by atoms with Gasteiger partial charge in [0, 0.05) is 12.8 Å². The number of sulfone groups is 1. The van der Waals surface area contributed by atoms with Gasteiger partial charge in [0.25, 0.3) is 0 Å². The van der Waals surface area contributed by atoms with Gasteiger partial charge < -0.3 is 10.6 Å². The summed E-state index contributed by atoms with van der Waals surface area (Å²) in [5.74, 6) is -0.240. The molecule has 5 nitrogen and oxygen atoms in total. The van der Waals surface area contributed by atoms with E-state index in [9.17, 15) is 17.6 Å². The maximum absolute atomic E-state index is 13.8. The van der Waals surface area contributed by atoms with Crippen LogP contribution in [-0.2, 0) is 9.84 Å². The van der Waals surface area contributed by atoms with Crippen LogP contribution in [0.1, 0.15) is 37.8 Å². The Labute approximate surface area is 130 Å². The van der Waals surface area contributed by atoms with Crippen LogP contribution in [-0.4, -0.2) is 27.2 Å². The van der Waals surface area contributed by atoms with Crippen LogP contribution in [0.5, 0.6) is 0 Å². The molecule has 2 rings (SSSR count). The predicted octanol–water partition coefficient (Wildman–Crippen LogP) is 2.39. The van der Waals surface area contributed by atoms with Gasteiger partial charge in [0.15, 0.2) is 9.84 Å². The van der Waals surface area contributed by atoms with Gasteiger partial charge in [-0.3, -0.25) is 0 Å². The van der Waals surface area contributed by atoms with Crippen molar-refractivity contribution in [3.8, 4) is 0 Å². The zero-order valence-electron chi connectivity index (χ0n) is 12.7. The Bertz CT molecular complexity index is 657. The summed E-state index contributed by atoms with van der Waals surface area (Å²) in [5, 5.41) is 5.51. The molecular weight excluding hydrogens is 307 g/mol. The molecule has 122 valence electrons. The van der Waals surface area contributed by atoms with Gasteiger partial charge >= 0.3 is 6.03 Å². The summed E-state index contributed by atoms with van der Waals surface area (Å²) in [6, 6.07) is 3.17. The molecule has 0 aliphatic heterocycles.